The highest BCUT2D eigenvalue weighted by atomic mass is 16.6. The summed E-state index contributed by atoms with van der Waals surface area (Å²) in [4.78, 5) is 14.6. The highest BCUT2D eigenvalue weighted by Crippen LogP contribution is 2.56. The van der Waals surface area contributed by atoms with Gasteiger partial charge in [-0.3, -0.25) is 0 Å². The van der Waals surface area contributed by atoms with Gasteiger partial charge in [0.25, 0.3) is 0 Å². The van der Waals surface area contributed by atoms with E-state index in [1.165, 1.54) is 36.8 Å². The van der Waals surface area contributed by atoms with E-state index < -0.39 is 0 Å². The molecule has 3 atom stereocenters. The first-order valence-corrected chi connectivity index (χ1v) is 10.6. The molecule has 1 aliphatic heterocycles. The number of likely N-dealkylation sites (tertiary alicyclic amines) is 1. The number of hydrogen-bond acceptors (Lipinski definition) is 3. The molecule has 27 heavy (non-hydrogen) atoms. The smallest absolute Gasteiger partial charge is 0.410 e. The van der Waals surface area contributed by atoms with Gasteiger partial charge in [-0.05, 0) is 82.6 Å². The molecule has 148 valence electrons. The van der Waals surface area contributed by atoms with Crippen LogP contribution in [0.2, 0.25) is 0 Å². The maximum atomic E-state index is 12.6. The second kappa shape index (κ2) is 6.72. The summed E-state index contributed by atoms with van der Waals surface area (Å²) in [5.74, 6) is 1.52. The Kier molecular flexibility index (Phi) is 4.64. The molecule has 3 unspecified atom stereocenters. The molecule has 2 aliphatic carbocycles. The van der Waals surface area contributed by atoms with Crippen molar-refractivity contribution < 1.29 is 14.3 Å². The molecule has 2 fully saturated rings. The summed E-state index contributed by atoms with van der Waals surface area (Å²) in [7, 11) is 0. The highest BCUT2D eigenvalue weighted by molar-refractivity contribution is 5.69. The van der Waals surface area contributed by atoms with E-state index in [1.807, 2.05) is 11.8 Å². The van der Waals surface area contributed by atoms with Gasteiger partial charge in [0.2, 0.25) is 0 Å². The van der Waals surface area contributed by atoms with Gasteiger partial charge in [0, 0.05) is 18.0 Å². The number of rotatable bonds is 2. The van der Waals surface area contributed by atoms with Crippen molar-refractivity contribution in [2.45, 2.75) is 83.3 Å². The fourth-order valence-electron chi connectivity index (χ4n) is 5.83. The van der Waals surface area contributed by atoms with Crippen LogP contribution in [0.3, 0.4) is 0 Å². The van der Waals surface area contributed by atoms with E-state index >= 15 is 0 Å². The number of amides is 1. The van der Waals surface area contributed by atoms with Crippen molar-refractivity contribution in [3.05, 3.63) is 29.3 Å². The summed E-state index contributed by atoms with van der Waals surface area (Å²) in [6.45, 7) is 9.44. The van der Waals surface area contributed by atoms with Crippen LogP contribution in [0.1, 0.15) is 70.9 Å². The molecule has 1 saturated carbocycles. The molecule has 0 aromatic heterocycles. The minimum atomic E-state index is -0.192. The second-order valence-corrected chi connectivity index (χ2v) is 9.46. The average molecular weight is 372 g/mol. The normalized spacial score (nSPS) is 29.6. The van der Waals surface area contributed by atoms with Gasteiger partial charge >= 0.3 is 6.09 Å². The summed E-state index contributed by atoms with van der Waals surface area (Å²) >= 11 is 0. The molecular formula is C23H33NO3. The van der Waals surface area contributed by atoms with Gasteiger partial charge in [-0.1, -0.05) is 18.9 Å². The van der Waals surface area contributed by atoms with Gasteiger partial charge in [-0.2, -0.15) is 0 Å². The Morgan fingerprint density at radius 1 is 1.26 bits per heavy atom. The summed E-state index contributed by atoms with van der Waals surface area (Å²) in [5, 5.41) is 0. The van der Waals surface area contributed by atoms with Gasteiger partial charge in [0.15, 0.2) is 0 Å². The number of carbonyl (C=O) groups excluding carboxylic acids is 1. The van der Waals surface area contributed by atoms with Crippen LogP contribution in [0.5, 0.6) is 5.75 Å². The van der Waals surface area contributed by atoms with E-state index in [2.05, 4.69) is 39.0 Å². The van der Waals surface area contributed by atoms with Crippen LogP contribution in [0.25, 0.3) is 0 Å². The van der Waals surface area contributed by atoms with Crippen LogP contribution in [0.4, 0.5) is 4.79 Å². The summed E-state index contributed by atoms with van der Waals surface area (Å²) in [6, 6.07) is 6.94. The first-order chi connectivity index (χ1) is 12.8. The molecule has 0 N–H and O–H groups in total. The summed E-state index contributed by atoms with van der Waals surface area (Å²) in [6.07, 6.45) is 6.86. The Balaban J connectivity index is 1.73. The fourth-order valence-corrected chi connectivity index (χ4v) is 5.83. The number of fused-ring (bicyclic) bond motifs is 1. The predicted molar refractivity (Wildman–Crippen MR) is 106 cm³/mol. The average Bonchev–Trinajstić information content (AvgIpc) is 2.61. The largest absolute Gasteiger partial charge is 0.488 e. The van der Waals surface area contributed by atoms with Crippen LogP contribution in [0.15, 0.2) is 18.2 Å². The van der Waals surface area contributed by atoms with E-state index in [0.717, 1.165) is 25.1 Å². The Morgan fingerprint density at radius 2 is 2.07 bits per heavy atom. The van der Waals surface area contributed by atoms with E-state index in [1.54, 1.807) is 0 Å². The molecule has 4 nitrogen and oxygen atoms in total. The Bertz CT molecular complexity index is 723. The first-order valence-electron chi connectivity index (χ1n) is 10.6. The first kappa shape index (κ1) is 18.6. The van der Waals surface area contributed by atoms with E-state index in [4.69, 9.17) is 9.47 Å². The molecule has 1 amide bonds. The van der Waals surface area contributed by atoms with Gasteiger partial charge in [-0.25, -0.2) is 4.79 Å². The van der Waals surface area contributed by atoms with Gasteiger partial charge in [0.05, 0.1) is 6.61 Å². The number of ether oxygens (including phenoxy) is 2. The van der Waals surface area contributed by atoms with Crippen molar-refractivity contribution >= 4 is 6.09 Å². The molecule has 0 spiro atoms. The minimum Gasteiger partial charge on any atom is -0.488 e. The zero-order valence-corrected chi connectivity index (χ0v) is 17.2. The molecule has 3 aliphatic rings. The highest BCUT2D eigenvalue weighted by Gasteiger charge is 2.55. The maximum absolute atomic E-state index is 12.6. The van der Waals surface area contributed by atoms with Crippen LogP contribution >= 0.6 is 0 Å². The third-order valence-corrected chi connectivity index (χ3v) is 6.73. The molecule has 4 rings (SSSR count). The van der Waals surface area contributed by atoms with Crippen molar-refractivity contribution in [2.24, 2.45) is 5.92 Å². The van der Waals surface area contributed by atoms with Crippen molar-refractivity contribution in [2.75, 3.05) is 13.2 Å². The van der Waals surface area contributed by atoms with Crippen molar-refractivity contribution in [3.8, 4) is 5.75 Å². The molecular weight excluding hydrogens is 338 g/mol. The lowest BCUT2D eigenvalue weighted by Crippen LogP contribution is -2.62. The lowest BCUT2D eigenvalue weighted by molar-refractivity contribution is -0.0111. The quantitative estimate of drug-likeness (QED) is 0.728. The topological polar surface area (TPSA) is 38.8 Å². The number of carbonyl (C=O) groups is 1. The van der Waals surface area contributed by atoms with Crippen LogP contribution in [0, 0.1) is 5.92 Å². The van der Waals surface area contributed by atoms with Crippen molar-refractivity contribution in [3.63, 3.8) is 0 Å². The van der Waals surface area contributed by atoms with Crippen LogP contribution in [-0.2, 0) is 16.6 Å². The van der Waals surface area contributed by atoms with Crippen molar-refractivity contribution in [1.29, 1.82) is 0 Å². The van der Waals surface area contributed by atoms with Gasteiger partial charge in [-0.15, -0.1) is 0 Å². The van der Waals surface area contributed by atoms with Crippen molar-refractivity contribution in [1.82, 2.24) is 4.90 Å². The Hall–Kier alpha value is -1.71. The van der Waals surface area contributed by atoms with E-state index in [9.17, 15) is 4.79 Å². The lowest BCUT2D eigenvalue weighted by atomic mass is 9.52. The number of nitrogens with zero attached hydrogens (tertiary/aromatic N) is 1. The van der Waals surface area contributed by atoms with Gasteiger partial charge in [0.1, 0.15) is 11.4 Å². The predicted octanol–water partition coefficient (Wildman–Crippen LogP) is 5.08. The zero-order valence-electron chi connectivity index (χ0n) is 17.2. The van der Waals surface area contributed by atoms with Gasteiger partial charge < -0.3 is 14.4 Å². The summed E-state index contributed by atoms with van der Waals surface area (Å²) < 4.78 is 11.6. The monoisotopic (exact) mass is 371 g/mol. The van der Waals surface area contributed by atoms with Crippen LogP contribution in [-0.4, -0.2) is 35.8 Å². The minimum absolute atomic E-state index is 0.127. The Labute approximate surface area is 163 Å². The zero-order chi connectivity index (χ0) is 19.2. The molecule has 1 saturated heterocycles. The molecule has 1 heterocycles. The van der Waals surface area contributed by atoms with Crippen LogP contribution < -0.4 is 4.74 Å². The molecule has 0 radical (unpaired) electrons. The maximum Gasteiger partial charge on any atom is 0.410 e. The SMILES string of the molecule is CCOC(=O)N1CCC23CCCCC2C1Cc1ccc(OC(C)(C)C)cc13. The fraction of sp³-hybridized carbons (Fsp3) is 0.696. The molecule has 1 aromatic carbocycles. The number of hydrogen-bond donors (Lipinski definition) is 0. The van der Waals surface area contributed by atoms with E-state index in [0.29, 0.717) is 12.5 Å². The summed E-state index contributed by atoms with van der Waals surface area (Å²) in [5.41, 5.74) is 2.90. The second-order valence-electron chi connectivity index (χ2n) is 9.46. The molecule has 2 bridgehead atoms. The molecule has 1 aromatic rings. The Morgan fingerprint density at radius 3 is 2.81 bits per heavy atom. The number of piperidine rings is 1. The number of benzene rings is 1. The third kappa shape index (κ3) is 3.21. The third-order valence-electron chi connectivity index (χ3n) is 6.73. The molecule has 4 heteroatoms. The lowest BCUT2D eigenvalue weighted by Gasteiger charge is -2.58. The van der Waals surface area contributed by atoms with E-state index in [-0.39, 0.29) is 23.2 Å². The standard InChI is InChI=1S/C23H33NO3/c1-5-26-21(25)24-13-12-23-11-7-6-8-18(23)20(24)14-16-9-10-17(15-19(16)23)27-22(2,3)4/h9-10,15,18,20H,5-8,11-14H2,1-4H3.